The number of ether oxygens (including phenoxy) is 1. The second kappa shape index (κ2) is 8.98. The van der Waals surface area contributed by atoms with E-state index in [2.05, 4.69) is 25.9 Å². The normalized spacial score (nSPS) is 10.9. The Bertz CT molecular complexity index is 833. The maximum absolute atomic E-state index is 11.6. The summed E-state index contributed by atoms with van der Waals surface area (Å²) in [5.41, 5.74) is 1.05. The minimum absolute atomic E-state index is 0.132. The fourth-order valence-electron chi connectivity index (χ4n) is 2.26. The highest BCUT2D eigenvalue weighted by Gasteiger charge is 2.16. The van der Waals surface area contributed by atoms with Gasteiger partial charge in [0.25, 0.3) is 0 Å². The van der Waals surface area contributed by atoms with Crippen molar-refractivity contribution >= 4 is 29.2 Å². The molecule has 10 nitrogen and oxygen atoms in total. The van der Waals surface area contributed by atoms with Gasteiger partial charge in [0.1, 0.15) is 11.8 Å². The summed E-state index contributed by atoms with van der Waals surface area (Å²) in [7, 11) is 1.55. The number of alkyl carbamates (subject to hydrolysis) is 1. The molecule has 3 N–H and O–H groups in total. The Hall–Kier alpha value is -3.43. The van der Waals surface area contributed by atoms with E-state index in [0.29, 0.717) is 13.0 Å². The van der Waals surface area contributed by atoms with Crippen molar-refractivity contribution in [1.29, 1.82) is 0 Å². The predicted octanol–water partition coefficient (Wildman–Crippen LogP) is 3.24. The van der Waals surface area contributed by atoms with Gasteiger partial charge in [-0.15, -0.1) is 0 Å². The number of carbonyl (C=O) groups is 1. The van der Waals surface area contributed by atoms with Crippen LogP contribution in [0.2, 0.25) is 0 Å². The van der Waals surface area contributed by atoms with Gasteiger partial charge in [0, 0.05) is 19.3 Å². The summed E-state index contributed by atoms with van der Waals surface area (Å²) in [5, 5.41) is 19.3. The Labute approximate surface area is 162 Å². The number of anilines is 3. The van der Waals surface area contributed by atoms with Crippen LogP contribution in [0.4, 0.5) is 27.9 Å². The molecule has 1 heterocycles. The molecule has 0 aliphatic carbocycles. The number of amides is 1. The van der Waals surface area contributed by atoms with Crippen molar-refractivity contribution in [3.8, 4) is 0 Å². The third kappa shape index (κ3) is 6.38. The number of hydrogen-bond donors (Lipinski definition) is 3. The van der Waals surface area contributed by atoms with Crippen LogP contribution in [0, 0.1) is 10.1 Å². The lowest BCUT2D eigenvalue weighted by Crippen LogP contribution is -2.33. The zero-order valence-corrected chi connectivity index (χ0v) is 16.3. The molecule has 1 amide bonds. The Morgan fingerprint density at radius 3 is 2.50 bits per heavy atom. The van der Waals surface area contributed by atoms with Crippen molar-refractivity contribution in [2.45, 2.75) is 32.8 Å². The molecule has 0 aliphatic heterocycles. The van der Waals surface area contributed by atoms with Gasteiger partial charge >= 0.3 is 11.8 Å². The van der Waals surface area contributed by atoms with Crippen LogP contribution in [0.25, 0.3) is 0 Å². The minimum Gasteiger partial charge on any atom is -0.444 e. The molecule has 0 bridgehead atoms. The van der Waals surface area contributed by atoms with Crippen LogP contribution in [0.15, 0.2) is 30.5 Å². The first kappa shape index (κ1) is 20.9. The summed E-state index contributed by atoms with van der Waals surface area (Å²) in [4.78, 5) is 30.0. The molecular weight excluding hydrogens is 364 g/mol. The Balaban J connectivity index is 1.91. The third-order valence-electron chi connectivity index (χ3n) is 3.49. The third-order valence-corrected chi connectivity index (χ3v) is 3.49. The van der Waals surface area contributed by atoms with E-state index < -0.39 is 16.6 Å². The fraction of sp³-hybridized carbons (Fsp3) is 0.389. The molecule has 0 radical (unpaired) electrons. The van der Waals surface area contributed by atoms with Gasteiger partial charge in [0.15, 0.2) is 0 Å². The van der Waals surface area contributed by atoms with Crippen LogP contribution < -0.4 is 16.0 Å². The fourth-order valence-corrected chi connectivity index (χ4v) is 2.26. The molecule has 150 valence electrons. The number of rotatable bonds is 7. The Morgan fingerprint density at radius 2 is 1.93 bits per heavy atom. The van der Waals surface area contributed by atoms with Gasteiger partial charge in [-0.3, -0.25) is 10.1 Å². The second-order valence-corrected chi connectivity index (χ2v) is 6.94. The van der Waals surface area contributed by atoms with E-state index in [-0.39, 0.29) is 17.5 Å². The van der Waals surface area contributed by atoms with Crippen molar-refractivity contribution in [3.63, 3.8) is 0 Å². The largest absolute Gasteiger partial charge is 0.444 e. The summed E-state index contributed by atoms with van der Waals surface area (Å²) < 4.78 is 5.18. The molecule has 2 aromatic rings. The Morgan fingerprint density at radius 1 is 1.25 bits per heavy atom. The lowest BCUT2D eigenvalue weighted by Gasteiger charge is -2.19. The summed E-state index contributed by atoms with van der Waals surface area (Å²) in [6.45, 7) is 5.89. The predicted molar refractivity (Wildman–Crippen MR) is 106 cm³/mol. The monoisotopic (exact) mass is 388 g/mol. The first-order valence-electron chi connectivity index (χ1n) is 8.70. The molecule has 0 saturated carbocycles. The van der Waals surface area contributed by atoms with Crippen molar-refractivity contribution in [2.75, 3.05) is 24.2 Å². The van der Waals surface area contributed by atoms with Crippen molar-refractivity contribution in [1.82, 2.24) is 15.3 Å². The first-order chi connectivity index (χ1) is 13.2. The molecular formula is C18H24N6O4. The topological polar surface area (TPSA) is 131 Å². The van der Waals surface area contributed by atoms with Crippen molar-refractivity contribution in [3.05, 3.63) is 46.1 Å². The molecule has 0 atom stereocenters. The van der Waals surface area contributed by atoms with Gasteiger partial charge in [-0.2, -0.15) is 4.98 Å². The molecule has 1 aromatic heterocycles. The highest BCUT2D eigenvalue weighted by atomic mass is 16.6. The van der Waals surface area contributed by atoms with Gasteiger partial charge in [-0.1, -0.05) is 12.1 Å². The van der Waals surface area contributed by atoms with Gasteiger partial charge < -0.3 is 20.7 Å². The molecule has 0 unspecified atom stereocenters. The van der Waals surface area contributed by atoms with Crippen LogP contribution in [0.3, 0.4) is 0 Å². The smallest absolute Gasteiger partial charge is 0.407 e. The number of nitro groups is 1. The van der Waals surface area contributed by atoms with Crippen LogP contribution in [0.1, 0.15) is 26.3 Å². The summed E-state index contributed by atoms with van der Waals surface area (Å²) in [6, 6.07) is 7.49. The van der Waals surface area contributed by atoms with E-state index >= 15 is 0 Å². The molecule has 1 aromatic carbocycles. The van der Waals surface area contributed by atoms with Crippen LogP contribution >= 0.6 is 0 Å². The van der Waals surface area contributed by atoms with E-state index in [1.807, 2.05) is 45.0 Å². The molecule has 0 aliphatic rings. The number of benzene rings is 1. The van der Waals surface area contributed by atoms with Crippen molar-refractivity contribution < 1.29 is 14.5 Å². The standard InChI is InChI=1S/C18H24N6O4/c1-18(2,3)28-17(25)20-10-9-12-5-7-13(8-6-12)22-16-21-11-14(24(26)27)15(19-4)23-16/h5-8,11H,9-10H2,1-4H3,(H,20,25)(H2,19,21,22,23). The van der Waals surface area contributed by atoms with E-state index in [1.54, 1.807) is 7.05 Å². The lowest BCUT2D eigenvalue weighted by atomic mass is 10.1. The number of nitrogens with one attached hydrogen (secondary N) is 3. The Kier molecular flexibility index (Phi) is 6.69. The molecule has 28 heavy (non-hydrogen) atoms. The maximum Gasteiger partial charge on any atom is 0.407 e. The number of nitrogens with zero attached hydrogens (tertiary/aromatic N) is 3. The second-order valence-electron chi connectivity index (χ2n) is 6.94. The van der Waals surface area contributed by atoms with Gasteiger partial charge in [-0.25, -0.2) is 9.78 Å². The minimum atomic E-state index is -0.546. The lowest BCUT2D eigenvalue weighted by molar-refractivity contribution is -0.384. The highest BCUT2D eigenvalue weighted by molar-refractivity contribution is 5.67. The van der Waals surface area contributed by atoms with Gasteiger partial charge in [0.2, 0.25) is 11.8 Å². The number of carbonyl (C=O) groups excluding carboxylic acids is 1. The summed E-state index contributed by atoms with van der Waals surface area (Å²) >= 11 is 0. The zero-order valence-electron chi connectivity index (χ0n) is 16.3. The number of hydrogen-bond acceptors (Lipinski definition) is 8. The maximum atomic E-state index is 11.6. The molecule has 2 rings (SSSR count). The molecule has 10 heteroatoms. The average Bonchev–Trinajstić information content (AvgIpc) is 2.61. The molecule has 0 saturated heterocycles. The molecule has 0 spiro atoms. The van der Waals surface area contributed by atoms with Gasteiger partial charge in [-0.05, 0) is 44.9 Å². The zero-order chi connectivity index (χ0) is 20.7. The van der Waals surface area contributed by atoms with E-state index in [0.717, 1.165) is 17.4 Å². The molecule has 0 fully saturated rings. The highest BCUT2D eigenvalue weighted by Crippen LogP contribution is 2.23. The summed E-state index contributed by atoms with van der Waals surface area (Å²) in [5.74, 6) is 0.377. The van der Waals surface area contributed by atoms with Crippen LogP contribution in [-0.4, -0.2) is 40.2 Å². The summed E-state index contributed by atoms with van der Waals surface area (Å²) in [6.07, 6.45) is 1.36. The SMILES string of the molecule is CNc1nc(Nc2ccc(CCNC(=O)OC(C)(C)C)cc2)ncc1[N+](=O)[O-]. The van der Waals surface area contributed by atoms with E-state index in [1.165, 1.54) is 0 Å². The van der Waals surface area contributed by atoms with Crippen molar-refractivity contribution in [2.24, 2.45) is 0 Å². The van der Waals surface area contributed by atoms with E-state index in [4.69, 9.17) is 4.74 Å². The van der Waals surface area contributed by atoms with Crippen LogP contribution in [-0.2, 0) is 11.2 Å². The quantitative estimate of drug-likeness (QED) is 0.486. The average molecular weight is 388 g/mol. The van der Waals surface area contributed by atoms with Gasteiger partial charge in [0.05, 0.1) is 4.92 Å². The number of aromatic nitrogens is 2. The van der Waals surface area contributed by atoms with Crippen LogP contribution in [0.5, 0.6) is 0 Å². The first-order valence-corrected chi connectivity index (χ1v) is 8.70. The van der Waals surface area contributed by atoms with E-state index in [9.17, 15) is 14.9 Å².